The van der Waals surface area contributed by atoms with Crippen LogP contribution in [-0.4, -0.2) is 36.0 Å². The van der Waals surface area contributed by atoms with E-state index in [1.807, 2.05) is 29.2 Å². The molecule has 0 atom stereocenters. The summed E-state index contributed by atoms with van der Waals surface area (Å²) in [5, 5.41) is 3.51. The Morgan fingerprint density at radius 1 is 1.33 bits per heavy atom. The van der Waals surface area contributed by atoms with E-state index in [0.717, 1.165) is 29.7 Å². The van der Waals surface area contributed by atoms with E-state index in [1.54, 1.807) is 0 Å². The number of halogens is 2. The number of benzene rings is 1. The molecule has 1 spiro atoms. The lowest BCUT2D eigenvalue weighted by atomic mass is 10.1. The van der Waals surface area contributed by atoms with Gasteiger partial charge in [-0.2, -0.15) is 0 Å². The number of carbonyl (C=O) groups excluding carboxylic acids is 1. The van der Waals surface area contributed by atoms with Gasteiger partial charge in [0.25, 0.3) is 5.91 Å². The SMILES string of the molecule is Cl.O=C(c1ccccc1Br)N1CCNC2(CC2)C1. The first kappa shape index (κ1) is 13.8. The summed E-state index contributed by atoms with van der Waals surface area (Å²) < 4.78 is 0.883. The zero-order chi connectivity index (χ0) is 11.9. The van der Waals surface area contributed by atoms with Crippen molar-refractivity contribution < 1.29 is 4.79 Å². The van der Waals surface area contributed by atoms with Gasteiger partial charge < -0.3 is 10.2 Å². The van der Waals surface area contributed by atoms with E-state index in [9.17, 15) is 4.79 Å². The summed E-state index contributed by atoms with van der Waals surface area (Å²) in [5.74, 6) is 0.144. The number of amides is 1. The monoisotopic (exact) mass is 330 g/mol. The van der Waals surface area contributed by atoms with Crippen LogP contribution in [-0.2, 0) is 0 Å². The fraction of sp³-hybridized carbons (Fsp3) is 0.462. The number of rotatable bonds is 1. The van der Waals surface area contributed by atoms with Crippen LogP contribution >= 0.6 is 28.3 Å². The van der Waals surface area contributed by atoms with Crippen molar-refractivity contribution in [1.82, 2.24) is 10.2 Å². The van der Waals surface area contributed by atoms with E-state index in [-0.39, 0.29) is 23.9 Å². The van der Waals surface area contributed by atoms with Gasteiger partial charge in [-0.05, 0) is 40.9 Å². The van der Waals surface area contributed by atoms with E-state index >= 15 is 0 Å². The molecule has 1 aromatic carbocycles. The van der Waals surface area contributed by atoms with Gasteiger partial charge in [-0.15, -0.1) is 12.4 Å². The maximum absolute atomic E-state index is 12.4. The fourth-order valence-electron chi connectivity index (χ4n) is 2.42. The van der Waals surface area contributed by atoms with E-state index < -0.39 is 0 Å². The molecule has 1 N–H and O–H groups in total. The van der Waals surface area contributed by atoms with Crippen molar-refractivity contribution in [2.24, 2.45) is 0 Å². The molecule has 5 heteroatoms. The van der Waals surface area contributed by atoms with E-state index in [2.05, 4.69) is 21.2 Å². The molecule has 1 aliphatic heterocycles. The standard InChI is InChI=1S/C13H15BrN2O.ClH/c14-11-4-2-1-3-10(11)12(17)16-8-7-15-13(9-16)5-6-13;/h1-4,15H,5-9H2;1H. The Bertz CT molecular complexity index is 462. The highest BCUT2D eigenvalue weighted by atomic mass is 79.9. The first-order chi connectivity index (χ1) is 8.20. The van der Waals surface area contributed by atoms with Gasteiger partial charge >= 0.3 is 0 Å². The zero-order valence-electron chi connectivity index (χ0n) is 9.99. The number of hydrogen-bond acceptors (Lipinski definition) is 2. The lowest BCUT2D eigenvalue weighted by molar-refractivity contribution is 0.0690. The van der Waals surface area contributed by atoms with Gasteiger partial charge in [-0.25, -0.2) is 0 Å². The summed E-state index contributed by atoms with van der Waals surface area (Å²) >= 11 is 3.44. The molecule has 1 aromatic rings. The Morgan fingerprint density at radius 2 is 2.06 bits per heavy atom. The number of carbonyl (C=O) groups is 1. The van der Waals surface area contributed by atoms with Gasteiger partial charge in [-0.1, -0.05) is 12.1 Å². The lowest BCUT2D eigenvalue weighted by Gasteiger charge is -2.34. The maximum atomic E-state index is 12.4. The maximum Gasteiger partial charge on any atom is 0.255 e. The van der Waals surface area contributed by atoms with Crippen molar-refractivity contribution >= 4 is 34.2 Å². The van der Waals surface area contributed by atoms with Gasteiger partial charge in [0.1, 0.15) is 0 Å². The molecule has 1 saturated heterocycles. The van der Waals surface area contributed by atoms with Crippen molar-refractivity contribution in [2.45, 2.75) is 18.4 Å². The van der Waals surface area contributed by atoms with Crippen LogP contribution in [0.25, 0.3) is 0 Å². The van der Waals surface area contributed by atoms with E-state index in [0.29, 0.717) is 0 Å². The number of nitrogens with one attached hydrogen (secondary N) is 1. The van der Waals surface area contributed by atoms with Crippen molar-refractivity contribution in [3.63, 3.8) is 0 Å². The Hall–Kier alpha value is -0.580. The highest BCUT2D eigenvalue weighted by Crippen LogP contribution is 2.38. The third kappa shape index (κ3) is 2.56. The minimum absolute atomic E-state index is 0. The smallest absolute Gasteiger partial charge is 0.255 e. The largest absolute Gasteiger partial charge is 0.335 e. The molecule has 18 heavy (non-hydrogen) atoms. The second kappa shape index (κ2) is 5.19. The molecule has 1 amide bonds. The molecule has 0 aromatic heterocycles. The molecule has 1 saturated carbocycles. The topological polar surface area (TPSA) is 32.3 Å². The minimum atomic E-state index is 0. The van der Waals surface area contributed by atoms with Crippen LogP contribution in [0, 0.1) is 0 Å². The third-order valence-electron chi connectivity index (χ3n) is 3.62. The van der Waals surface area contributed by atoms with Crippen LogP contribution in [0.2, 0.25) is 0 Å². The van der Waals surface area contributed by atoms with Gasteiger partial charge in [0.15, 0.2) is 0 Å². The van der Waals surface area contributed by atoms with Gasteiger partial charge in [0, 0.05) is 29.6 Å². The minimum Gasteiger partial charge on any atom is -0.335 e. The fourth-order valence-corrected chi connectivity index (χ4v) is 2.87. The van der Waals surface area contributed by atoms with Crippen LogP contribution in [0.4, 0.5) is 0 Å². The van der Waals surface area contributed by atoms with Crippen LogP contribution in [0.5, 0.6) is 0 Å². The van der Waals surface area contributed by atoms with Crippen molar-refractivity contribution in [3.8, 4) is 0 Å². The molecule has 98 valence electrons. The number of piperazine rings is 1. The summed E-state index contributed by atoms with van der Waals surface area (Å²) in [6.45, 7) is 2.57. The molecule has 3 rings (SSSR count). The highest BCUT2D eigenvalue weighted by Gasteiger charge is 2.46. The van der Waals surface area contributed by atoms with Crippen molar-refractivity contribution in [2.75, 3.05) is 19.6 Å². The van der Waals surface area contributed by atoms with Crippen LogP contribution in [0.15, 0.2) is 28.7 Å². The first-order valence-electron chi connectivity index (χ1n) is 5.99. The second-order valence-corrected chi connectivity index (χ2v) is 5.77. The quantitative estimate of drug-likeness (QED) is 0.857. The van der Waals surface area contributed by atoms with Crippen molar-refractivity contribution in [1.29, 1.82) is 0 Å². The molecule has 0 radical (unpaired) electrons. The molecule has 1 heterocycles. The summed E-state index contributed by atoms with van der Waals surface area (Å²) in [5.41, 5.74) is 1.01. The predicted molar refractivity (Wildman–Crippen MR) is 77.3 cm³/mol. The molecule has 3 nitrogen and oxygen atoms in total. The summed E-state index contributed by atoms with van der Waals surface area (Å²) in [7, 11) is 0. The van der Waals surface area contributed by atoms with Gasteiger partial charge in [-0.3, -0.25) is 4.79 Å². The molecule has 2 fully saturated rings. The van der Waals surface area contributed by atoms with E-state index in [4.69, 9.17) is 0 Å². The number of hydrogen-bond donors (Lipinski definition) is 1. The van der Waals surface area contributed by atoms with Crippen LogP contribution < -0.4 is 5.32 Å². The number of nitrogens with zero attached hydrogens (tertiary/aromatic N) is 1. The predicted octanol–water partition coefficient (Wildman–Crippen LogP) is 2.45. The van der Waals surface area contributed by atoms with Crippen LogP contribution in [0.3, 0.4) is 0 Å². The Morgan fingerprint density at radius 3 is 2.72 bits per heavy atom. The van der Waals surface area contributed by atoms with Crippen molar-refractivity contribution in [3.05, 3.63) is 34.3 Å². The van der Waals surface area contributed by atoms with Gasteiger partial charge in [0.2, 0.25) is 0 Å². The first-order valence-corrected chi connectivity index (χ1v) is 6.78. The molecule has 1 aliphatic carbocycles. The summed E-state index contributed by atoms with van der Waals surface area (Å²) in [6.07, 6.45) is 2.40. The Balaban J connectivity index is 0.00000120. The molecule has 0 bridgehead atoms. The average molecular weight is 332 g/mol. The summed E-state index contributed by atoms with van der Waals surface area (Å²) in [6, 6.07) is 7.64. The molecular formula is C13H16BrClN2O. The average Bonchev–Trinajstić information content (AvgIpc) is 3.08. The third-order valence-corrected chi connectivity index (χ3v) is 4.31. The van der Waals surface area contributed by atoms with E-state index in [1.165, 1.54) is 12.8 Å². The molecular weight excluding hydrogens is 316 g/mol. The Labute approximate surface area is 121 Å². The van der Waals surface area contributed by atoms with Crippen LogP contribution in [0.1, 0.15) is 23.2 Å². The second-order valence-electron chi connectivity index (χ2n) is 4.91. The zero-order valence-corrected chi connectivity index (χ0v) is 12.4. The highest BCUT2D eigenvalue weighted by molar-refractivity contribution is 9.10. The molecule has 2 aliphatic rings. The summed E-state index contributed by atoms with van der Waals surface area (Å²) in [4.78, 5) is 14.4. The van der Waals surface area contributed by atoms with Gasteiger partial charge in [0.05, 0.1) is 5.56 Å². The normalized spacial score (nSPS) is 20.4. The Kier molecular flexibility index (Phi) is 3.99. The molecule has 0 unspecified atom stereocenters. The lowest BCUT2D eigenvalue weighted by Crippen LogP contribution is -2.54.